The molecule has 1 aliphatic heterocycles. The van der Waals surface area contributed by atoms with Crippen LogP contribution >= 0.6 is 0 Å². The number of methoxy groups -OCH3 is 1. The molecule has 2 atom stereocenters. The topological polar surface area (TPSA) is 83.0 Å². The summed E-state index contributed by atoms with van der Waals surface area (Å²) in [5.41, 5.74) is 0.725. The summed E-state index contributed by atoms with van der Waals surface area (Å²) < 4.78 is 4.99. The Labute approximate surface area is 135 Å². The number of amides is 1. The molecule has 0 aliphatic carbocycles. The van der Waals surface area contributed by atoms with Gasteiger partial charge >= 0.3 is 5.97 Å². The van der Waals surface area contributed by atoms with Gasteiger partial charge in [0, 0.05) is 44.6 Å². The maximum atomic E-state index is 12.4. The summed E-state index contributed by atoms with van der Waals surface area (Å²) in [7, 11) is 3.46. The van der Waals surface area contributed by atoms with Crippen LogP contribution in [0.3, 0.4) is 0 Å². The Morgan fingerprint density at radius 1 is 1.43 bits per heavy atom. The van der Waals surface area contributed by atoms with Crippen LogP contribution in [0.2, 0.25) is 0 Å². The molecule has 0 radical (unpaired) electrons. The van der Waals surface area contributed by atoms with Crippen molar-refractivity contribution in [2.24, 2.45) is 5.92 Å². The van der Waals surface area contributed by atoms with Gasteiger partial charge in [0.1, 0.15) is 0 Å². The number of pyridine rings is 1. The van der Waals surface area contributed by atoms with Gasteiger partial charge in [-0.2, -0.15) is 0 Å². The largest absolute Gasteiger partial charge is 0.481 e. The number of likely N-dealkylation sites (N-methyl/N-ethyl adjacent to an activating group) is 1. The van der Waals surface area contributed by atoms with Crippen molar-refractivity contribution in [3.05, 3.63) is 30.1 Å². The number of aromatic nitrogens is 1. The molecule has 0 bridgehead atoms. The van der Waals surface area contributed by atoms with E-state index in [1.165, 1.54) is 0 Å². The van der Waals surface area contributed by atoms with E-state index in [2.05, 4.69) is 4.98 Å². The average Bonchev–Trinajstić information content (AvgIpc) is 2.99. The molecule has 1 aromatic heterocycles. The molecule has 7 nitrogen and oxygen atoms in total. The Balaban J connectivity index is 2.02. The number of aliphatic carboxylic acids is 1. The Morgan fingerprint density at radius 3 is 2.83 bits per heavy atom. The van der Waals surface area contributed by atoms with Gasteiger partial charge in [0.05, 0.1) is 19.1 Å². The van der Waals surface area contributed by atoms with E-state index >= 15 is 0 Å². The zero-order chi connectivity index (χ0) is 16.8. The van der Waals surface area contributed by atoms with Crippen LogP contribution in [0.4, 0.5) is 0 Å². The molecule has 23 heavy (non-hydrogen) atoms. The van der Waals surface area contributed by atoms with E-state index < -0.39 is 11.9 Å². The van der Waals surface area contributed by atoms with Crippen molar-refractivity contribution in [2.45, 2.75) is 5.92 Å². The summed E-state index contributed by atoms with van der Waals surface area (Å²) >= 11 is 0. The number of hydrogen-bond acceptors (Lipinski definition) is 5. The highest BCUT2D eigenvalue weighted by Gasteiger charge is 2.41. The third-order valence-corrected chi connectivity index (χ3v) is 4.14. The van der Waals surface area contributed by atoms with Crippen LogP contribution in [0.25, 0.3) is 0 Å². The van der Waals surface area contributed by atoms with Crippen LogP contribution in [-0.4, -0.2) is 78.7 Å². The molecule has 126 valence electrons. The lowest BCUT2D eigenvalue weighted by Crippen LogP contribution is -2.39. The van der Waals surface area contributed by atoms with Crippen LogP contribution in [0.1, 0.15) is 11.6 Å². The highest BCUT2D eigenvalue weighted by atomic mass is 16.5. The molecule has 7 heteroatoms. The predicted molar refractivity (Wildman–Crippen MR) is 84.1 cm³/mol. The lowest BCUT2D eigenvalue weighted by Gasteiger charge is -2.21. The minimum atomic E-state index is -0.885. The van der Waals surface area contributed by atoms with Crippen LogP contribution in [0.15, 0.2) is 24.4 Å². The van der Waals surface area contributed by atoms with Gasteiger partial charge in [0.2, 0.25) is 5.91 Å². The molecule has 1 amide bonds. The number of hydrogen-bond donors (Lipinski definition) is 1. The number of carbonyl (C=O) groups excluding carboxylic acids is 1. The Bertz CT molecular complexity index is 537. The van der Waals surface area contributed by atoms with E-state index in [1.807, 2.05) is 24.1 Å². The second kappa shape index (κ2) is 8.03. The number of carboxylic acid groups (broad SMARTS) is 1. The molecule has 1 aliphatic rings. The molecule has 1 aromatic rings. The van der Waals surface area contributed by atoms with Gasteiger partial charge in [0.15, 0.2) is 0 Å². The first-order valence-corrected chi connectivity index (χ1v) is 7.62. The summed E-state index contributed by atoms with van der Waals surface area (Å²) in [6, 6.07) is 5.45. The quantitative estimate of drug-likeness (QED) is 0.777. The molecule has 0 aromatic carbocycles. The SMILES string of the molecule is COCCN(C)CC(=O)N1C[C@@H](C(=O)O)[C@H](c2ccccn2)C1. The smallest absolute Gasteiger partial charge is 0.309 e. The fourth-order valence-corrected chi connectivity index (χ4v) is 2.81. The first kappa shape index (κ1) is 17.4. The highest BCUT2D eigenvalue weighted by molar-refractivity contribution is 5.81. The van der Waals surface area contributed by atoms with E-state index in [-0.39, 0.29) is 24.9 Å². The minimum Gasteiger partial charge on any atom is -0.481 e. The molecule has 2 heterocycles. The van der Waals surface area contributed by atoms with E-state index in [0.717, 1.165) is 5.69 Å². The summed E-state index contributed by atoms with van der Waals surface area (Å²) in [4.78, 5) is 31.7. The number of likely N-dealkylation sites (tertiary alicyclic amines) is 1. The lowest BCUT2D eigenvalue weighted by atomic mass is 9.93. The van der Waals surface area contributed by atoms with E-state index in [9.17, 15) is 14.7 Å². The second-order valence-electron chi connectivity index (χ2n) is 5.84. The highest BCUT2D eigenvalue weighted by Crippen LogP contribution is 2.31. The molecule has 1 N–H and O–H groups in total. The summed E-state index contributed by atoms with van der Waals surface area (Å²) in [6.07, 6.45) is 1.65. The maximum absolute atomic E-state index is 12.4. The standard InChI is InChI=1S/C16H23N3O4/c1-18(7-8-23-2)11-15(20)19-9-12(13(10-19)16(21)22)14-5-3-4-6-17-14/h3-6,12-13H,7-11H2,1-2H3,(H,21,22)/t12-,13-/m1/s1. The molecule has 2 rings (SSSR count). The van der Waals surface area contributed by atoms with Gasteiger partial charge in [-0.25, -0.2) is 0 Å². The van der Waals surface area contributed by atoms with Gasteiger partial charge in [-0.15, -0.1) is 0 Å². The van der Waals surface area contributed by atoms with Gasteiger partial charge in [-0.3, -0.25) is 19.5 Å². The van der Waals surface area contributed by atoms with Crippen molar-refractivity contribution in [3.63, 3.8) is 0 Å². The Kier molecular flexibility index (Phi) is 6.06. The minimum absolute atomic E-state index is 0.0618. The van der Waals surface area contributed by atoms with Crippen LogP contribution in [-0.2, 0) is 14.3 Å². The van der Waals surface area contributed by atoms with E-state index in [0.29, 0.717) is 19.7 Å². The fraction of sp³-hybridized carbons (Fsp3) is 0.562. The summed E-state index contributed by atoms with van der Waals surface area (Å²) in [6.45, 7) is 2.09. The number of carboxylic acids is 1. The van der Waals surface area contributed by atoms with E-state index in [1.54, 1.807) is 24.3 Å². The first-order valence-electron chi connectivity index (χ1n) is 7.62. The third-order valence-electron chi connectivity index (χ3n) is 4.14. The van der Waals surface area contributed by atoms with Crippen molar-refractivity contribution in [3.8, 4) is 0 Å². The van der Waals surface area contributed by atoms with Crippen LogP contribution < -0.4 is 0 Å². The zero-order valence-corrected chi connectivity index (χ0v) is 13.5. The van der Waals surface area contributed by atoms with Gasteiger partial charge in [-0.05, 0) is 19.2 Å². The molecule has 0 saturated carbocycles. The molecule has 1 fully saturated rings. The average molecular weight is 321 g/mol. The summed E-state index contributed by atoms with van der Waals surface area (Å²) in [5.74, 6) is -1.82. The Hall–Kier alpha value is -1.99. The fourth-order valence-electron chi connectivity index (χ4n) is 2.81. The van der Waals surface area contributed by atoms with Gasteiger partial charge in [-0.1, -0.05) is 6.07 Å². The normalized spacial score (nSPS) is 20.9. The molecule has 1 saturated heterocycles. The van der Waals surface area contributed by atoms with Gasteiger partial charge < -0.3 is 14.7 Å². The van der Waals surface area contributed by atoms with Crippen LogP contribution in [0, 0.1) is 5.92 Å². The second-order valence-corrected chi connectivity index (χ2v) is 5.84. The van der Waals surface area contributed by atoms with Gasteiger partial charge in [0.25, 0.3) is 0 Å². The Morgan fingerprint density at radius 2 is 2.22 bits per heavy atom. The maximum Gasteiger partial charge on any atom is 0.309 e. The van der Waals surface area contributed by atoms with Crippen molar-refractivity contribution in [1.29, 1.82) is 0 Å². The third kappa shape index (κ3) is 4.49. The number of carbonyl (C=O) groups is 2. The molecular formula is C16H23N3O4. The number of ether oxygens (including phenoxy) is 1. The van der Waals surface area contributed by atoms with Crippen molar-refractivity contribution < 1.29 is 19.4 Å². The number of rotatable bonds is 7. The summed E-state index contributed by atoms with van der Waals surface area (Å²) in [5, 5.41) is 9.45. The molecule has 0 spiro atoms. The predicted octanol–water partition coefficient (Wildman–Crippen LogP) is 0.286. The monoisotopic (exact) mass is 321 g/mol. The lowest BCUT2D eigenvalue weighted by molar-refractivity contribution is -0.141. The van der Waals surface area contributed by atoms with Crippen molar-refractivity contribution in [2.75, 3.05) is 46.9 Å². The number of nitrogens with zero attached hydrogens (tertiary/aromatic N) is 3. The zero-order valence-electron chi connectivity index (χ0n) is 13.5. The van der Waals surface area contributed by atoms with Crippen molar-refractivity contribution in [1.82, 2.24) is 14.8 Å². The molecule has 0 unspecified atom stereocenters. The van der Waals surface area contributed by atoms with E-state index in [4.69, 9.17) is 4.74 Å². The van der Waals surface area contributed by atoms with Crippen LogP contribution in [0.5, 0.6) is 0 Å². The van der Waals surface area contributed by atoms with Crippen molar-refractivity contribution >= 4 is 11.9 Å². The first-order chi connectivity index (χ1) is 11.0. The molecular weight excluding hydrogens is 298 g/mol.